The number of halogens is 1. The highest BCUT2D eigenvalue weighted by Crippen LogP contribution is 2.31. The molecule has 0 aliphatic heterocycles. The molecule has 2 N–H and O–H groups in total. The molecule has 0 aliphatic carbocycles. The minimum atomic E-state index is 0.403. The molecule has 0 aliphatic rings. The van der Waals surface area contributed by atoms with E-state index in [-0.39, 0.29) is 0 Å². The minimum absolute atomic E-state index is 0.403. The Kier molecular flexibility index (Phi) is 4.13. The van der Waals surface area contributed by atoms with Gasteiger partial charge in [-0.25, -0.2) is 0 Å². The van der Waals surface area contributed by atoms with E-state index in [2.05, 4.69) is 26.8 Å². The van der Waals surface area contributed by atoms with Crippen molar-refractivity contribution < 1.29 is 4.74 Å². The van der Waals surface area contributed by atoms with Crippen LogP contribution < -0.4 is 10.5 Å². The van der Waals surface area contributed by atoms with Crippen LogP contribution in [0.25, 0.3) is 0 Å². The second-order valence-electron chi connectivity index (χ2n) is 4.76. The van der Waals surface area contributed by atoms with E-state index in [1.54, 1.807) is 0 Å². The van der Waals surface area contributed by atoms with Gasteiger partial charge in [0.15, 0.2) is 0 Å². The summed E-state index contributed by atoms with van der Waals surface area (Å²) in [4.78, 5) is 0. The molecule has 100 valence electrons. The summed E-state index contributed by atoms with van der Waals surface area (Å²) in [5.41, 5.74) is 10.2. The molecule has 0 radical (unpaired) electrons. The average Bonchev–Trinajstić information content (AvgIpc) is 2.37. The lowest BCUT2D eigenvalue weighted by Crippen LogP contribution is -2.00. The van der Waals surface area contributed by atoms with Crippen LogP contribution in [0.15, 0.2) is 30.3 Å². The summed E-state index contributed by atoms with van der Waals surface area (Å²) >= 11 is 5.97. The van der Waals surface area contributed by atoms with Gasteiger partial charge in [-0.2, -0.15) is 0 Å². The van der Waals surface area contributed by atoms with Crippen LogP contribution in [0.2, 0.25) is 5.02 Å². The normalized spacial score (nSPS) is 10.6. The van der Waals surface area contributed by atoms with E-state index in [1.165, 1.54) is 11.1 Å². The third-order valence-electron chi connectivity index (χ3n) is 3.23. The highest BCUT2D eigenvalue weighted by molar-refractivity contribution is 6.30. The molecule has 0 atom stereocenters. The van der Waals surface area contributed by atoms with E-state index < -0.39 is 0 Å². The van der Waals surface area contributed by atoms with E-state index in [0.717, 1.165) is 22.6 Å². The topological polar surface area (TPSA) is 35.2 Å². The first-order valence-electron chi connectivity index (χ1n) is 6.25. The van der Waals surface area contributed by atoms with Crippen LogP contribution in [0.3, 0.4) is 0 Å². The summed E-state index contributed by atoms with van der Waals surface area (Å²) in [6.45, 7) is 6.60. The maximum atomic E-state index is 6.01. The molecule has 0 aromatic heterocycles. The molecule has 2 aromatic rings. The van der Waals surface area contributed by atoms with Gasteiger partial charge in [0, 0.05) is 17.1 Å². The lowest BCUT2D eigenvalue weighted by Gasteiger charge is -2.14. The van der Waals surface area contributed by atoms with Gasteiger partial charge in [-0.3, -0.25) is 0 Å². The van der Waals surface area contributed by atoms with Gasteiger partial charge >= 0.3 is 0 Å². The number of hydrogen-bond donors (Lipinski definition) is 1. The van der Waals surface area contributed by atoms with Gasteiger partial charge in [-0.15, -0.1) is 0 Å². The van der Waals surface area contributed by atoms with Crippen LogP contribution in [0.1, 0.15) is 22.3 Å². The first kappa shape index (κ1) is 13.9. The third-order valence-corrected chi connectivity index (χ3v) is 3.46. The van der Waals surface area contributed by atoms with Crippen LogP contribution in [0.5, 0.6) is 11.5 Å². The van der Waals surface area contributed by atoms with Crippen molar-refractivity contribution in [3.8, 4) is 11.5 Å². The Morgan fingerprint density at radius 1 is 1.05 bits per heavy atom. The van der Waals surface area contributed by atoms with Crippen molar-refractivity contribution in [1.29, 1.82) is 0 Å². The number of benzene rings is 2. The first-order chi connectivity index (χ1) is 9.01. The molecule has 0 heterocycles. The molecule has 0 saturated carbocycles. The number of aryl methyl sites for hydroxylation is 2. The number of ether oxygens (including phenoxy) is 1. The minimum Gasteiger partial charge on any atom is -0.457 e. The zero-order chi connectivity index (χ0) is 14.0. The average molecular weight is 276 g/mol. The zero-order valence-corrected chi connectivity index (χ0v) is 12.2. The Hall–Kier alpha value is -1.51. The fourth-order valence-corrected chi connectivity index (χ4v) is 2.23. The highest BCUT2D eigenvalue weighted by atomic mass is 35.5. The van der Waals surface area contributed by atoms with Crippen molar-refractivity contribution in [2.24, 2.45) is 5.73 Å². The molecule has 2 rings (SSSR count). The van der Waals surface area contributed by atoms with E-state index in [9.17, 15) is 0 Å². The fourth-order valence-electron chi connectivity index (χ4n) is 2.03. The summed E-state index contributed by atoms with van der Waals surface area (Å²) < 4.78 is 6.01. The van der Waals surface area contributed by atoms with Gasteiger partial charge in [0.1, 0.15) is 11.5 Å². The molecule has 0 saturated heterocycles. The summed E-state index contributed by atoms with van der Waals surface area (Å²) in [7, 11) is 0. The van der Waals surface area contributed by atoms with E-state index in [0.29, 0.717) is 11.6 Å². The molecule has 0 amide bonds. The fraction of sp³-hybridized carbons (Fsp3) is 0.250. The summed E-state index contributed by atoms with van der Waals surface area (Å²) in [5.74, 6) is 1.63. The molecule has 0 bridgehead atoms. The lowest BCUT2D eigenvalue weighted by atomic mass is 10.1. The summed E-state index contributed by atoms with van der Waals surface area (Å²) in [5, 5.41) is 0.671. The maximum absolute atomic E-state index is 6.01. The Bertz CT molecular complexity index is 608. The molecule has 2 nitrogen and oxygen atoms in total. The van der Waals surface area contributed by atoms with Gasteiger partial charge in [-0.1, -0.05) is 17.7 Å². The number of nitrogens with two attached hydrogens (primary N) is 1. The number of hydrogen-bond acceptors (Lipinski definition) is 2. The van der Waals surface area contributed by atoms with E-state index in [1.807, 2.05) is 24.3 Å². The smallest absolute Gasteiger partial charge is 0.132 e. The first-order valence-corrected chi connectivity index (χ1v) is 6.63. The Morgan fingerprint density at radius 2 is 1.79 bits per heavy atom. The van der Waals surface area contributed by atoms with Gasteiger partial charge in [0.05, 0.1) is 0 Å². The third kappa shape index (κ3) is 3.09. The maximum Gasteiger partial charge on any atom is 0.132 e. The molecular weight excluding hydrogens is 258 g/mol. The van der Waals surface area contributed by atoms with Crippen molar-refractivity contribution in [1.82, 2.24) is 0 Å². The van der Waals surface area contributed by atoms with E-state index in [4.69, 9.17) is 22.1 Å². The van der Waals surface area contributed by atoms with E-state index >= 15 is 0 Å². The Balaban J connectivity index is 2.41. The largest absolute Gasteiger partial charge is 0.457 e. The Morgan fingerprint density at radius 3 is 2.47 bits per heavy atom. The predicted molar refractivity (Wildman–Crippen MR) is 80.1 cm³/mol. The van der Waals surface area contributed by atoms with Crippen LogP contribution in [-0.2, 0) is 6.54 Å². The van der Waals surface area contributed by atoms with Gasteiger partial charge in [-0.05, 0) is 61.7 Å². The molecule has 0 spiro atoms. The molecule has 19 heavy (non-hydrogen) atoms. The second kappa shape index (κ2) is 5.64. The molecule has 2 aromatic carbocycles. The van der Waals surface area contributed by atoms with Crippen LogP contribution >= 0.6 is 11.6 Å². The van der Waals surface area contributed by atoms with Crippen LogP contribution in [-0.4, -0.2) is 0 Å². The lowest BCUT2D eigenvalue weighted by molar-refractivity contribution is 0.472. The van der Waals surface area contributed by atoms with Crippen LogP contribution in [0, 0.1) is 20.8 Å². The molecule has 0 unspecified atom stereocenters. The van der Waals surface area contributed by atoms with Gasteiger partial charge < -0.3 is 10.5 Å². The predicted octanol–water partition coefficient (Wildman–Crippen LogP) is 4.52. The molecular formula is C16H18ClNO. The zero-order valence-electron chi connectivity index (χ0n) is 11.5. The summed E-state index contributed by atoms with van der Waals surface area (Å²) in [6, 6.07) is 9.70. The van der Waals surface area contributed by atoms with Crippen molar-refractivity contribution in [3.63, 3.8) is 0 Å². The van der Waals surface area contributed by atoms with Crippen LogP contribution in [0.4, 0.5) is 0 Å². The van der Waals surface area contributed by atoms with Crippen molar-refractivity contribution in [2.45, 2.75) is 27.3 Å². The monoisotopic (exact) mass is 275 g/mol. The second-order valence-corrected chi connectivity index (χ2v) is 5.20. The van der Waals surface area contributed by atoms with Crippen molar-refractivity contribution in [3.05, 3.63) is 57.6 Å². The molecule has 0 fully saturated rings. The van der Waals surface area contributed by atoms with Crippen molar-refractivity contribution in [2.75, 3.05) is 0 Å². The standard InChI is InChI=1S/C16H18ClNO/c1-10-6-11(2)12(3)16(7-10)19-15-5-4-14(17)8-13(15)9-18/h4-8H,9,18H2,1-3H3. The highest BCUT2D eigenvalue weighted by Gasteiger charge is 2.08. The van der Waals surface area contributed by atoms with Gasteiger partial charge in [0.2, 0.25) is 0 Å². The van der Waals surface area contributed by atoms with Gasteiger partial charge in [0.25, 0.3) is 0 Å². The number of rotatable bonds is 3. The Labute approximate surface area is 119 Å². The van der Waals surface area contributed by atoms with Crippen molar-refractivity contribution >= 4 is 11.6 Å². The quantitative estimate of drug-likeness (QED) is 0.894. The SMILES string of the molecule is Cc1cc(C)c(C)c(Oc2ccc(Cl)cc2CN)c1. The molecule has 3 heteroatoms. The summed E-state index contributed by atoms with van der Waals surface area (Å²) in [6.07, 6.45) is 0.